The number of ether oxygens (including phenoxy) is 1. The van der Waals surface area contributed by atoms with Gasteiger partial charge in [-0.2, -0.15) is 0 Å². The zero-order chi connectivity index (χ0) is 18.4. The van der Waals surface area contributed by atoms with Gasteiger partial charge in [0.1, 0.15) is 0 Å². The van der Waals surface area contributed by atoms with Crippen LogP contribution in [0.1, 0.15) is 48.9 Å². The van der Waals surface area contributed by atoms with Gasteiger partial charge in [-0.3, -0.25) is 9.59 Å². The van der Waals surface area contributed by atoms with Crippen LogP contribution in [0.5, 0.6) is 0 Å². The minimum atomic E-state index is -0.571. The van der Waals surface area contributed by atoms with Gasteiger partial charge in [0, 0.05) is 43.9 Å². The molecule has 1 aromatic rings. The van der Waals surface area contributed by atoms with Crippen LogP contribution in [0.15, 0.2) is 24.3 Å². The molecule has 4 aliphatic heterocycles. The van der Waals surface area contributed by atoms with E-state index in [1.807, 2.05) is 21.9 Å². The summed E-state index contributed by atoms with van der Waals surface area (Å²) < 4.78 is 6.10. The van der Waals surface area contributed by atoms with Crippen molar-refractivity contribution in [3.8, 4) is 0 Å². The second-order valence-corrected chi connectivity index (χ2v) is 8.16. The van der Waals surface area contributed by atoms with Gasteiger partial charge in [-0.15, -0.1) is 0 Å². The Hall–Kier alpha value is -2.08. The van der Waals surface area contributed by atoms with Crippen molar-refractivity contribution in [3.05, 3.63) is 29.8 Å². The molecule has 0 bridgehead atoms. The van der Waals surface area contributed by atoms with Gasteiger partial charge in [0.15, 0.2) is 5.72 Å². The fraction of sp³-hybridized carbons (Fsp3) is 0.619. The average Bonchev–Trinajstić information content (AvgIpc) is 3.20. The average molecular weight is 369 g/mol. The fourth-order valence-corrected chi connectivity index (χ4v) is 5.33. The van der Waals surface area contributed by atoms with Crippen LogP contribution in [0.2, 0.25) is 0 Å². The molecule has 0 aromatic heterocycles. The lowest BCUT2D eigenvalue weighted by Crippen LogP contribution is -2.56. The van der Waals surface area contributed by atoms with E-state index in [-0.39, 0.29) is 17.9 Å². The maximum absolute atomic E-state index is 13.2. The van der Waals surface area contributed by atoms with Crippen LogP contribution in [0, 0.1) is 0 Å². The van der Waals surface area contributed by atoms with Gasteiger partial charge >= 0.3 is 0 Å². The summed E-state index contributed by atoms with van der Waals surface area (Å²) in [6, 6.07) is 7.85. The summed E-state index contributed by atoms with van der Waals surface area (Å²) in [4.78, 5) is 31.8. The minimum absolute atomic E-state index is 0.0193. The van der Waals surface area contributed by atoms with Crippen molar-refractivity contribution in [2.24, 2.45) is 0 Å². The monoisotopic (exact) mass is 369 g/mol. The van der Waals surface area contributed by atoms with E-state index >= 15 is 0 Å². The van der Waals surface area contributed by atoms with E-state index in [1.165, 1.54) is 24.9 Å². The molecule has 4 fully saturated rings. The van der Waals surface area contributed by atoms with Crippen molar-refractivity contribution in [1.29, 1.82) is 0 Å². The molecule has 2 atom stereocenters. The Morgan fingerprint density at radius 1 is 1.00 bits per heavy atom. The Morgan fingerprint density at radius 3 is 2.56 bits per heavy atom. The van der Waals surface area contributed by atoms with Gasteiger partial charge in [0.05, 0.1) is 19.1 Å². The quantitative estimate of drug-likeness (QED) is 0.802. The number of carbonyl (C=O) groups is 2. The van der Waals surface area contributed by atoms with Crippen molar-refractivity contribution >= 4 is 17.5 Å². The Balaban J connectivity index is 1.35. The van der Waals surface area contributed by atoms with Crippen molar-refractivity contribution < 1.29 is 14.3 Å². The maximum atomic E-state index is 13.2. The highest BCUT2D eigenvalue weighted by atomic mass is 16.5. The zero-order valence-electron chi connectivity index (χ0n) is 15.7. The molecule has 6 heteroatoms. The first-order valence-electron chi connectivity index (χ1n) is 10.3. The molecule has 6 nitrogen and oxygen atoms in total. The number of likely N-dealkylation sites (tertiary alicyclic amines) is 1. The third kappa shape index (κ3) is 2.64. The molecule has 4 aliphatic rings. The topological polar surface area (TPSA) is 53.1 Å². The Bertz CT molecular complexity index is 744. The standard InChI is InChI=1S/C21H27N3O3/c25-19-15-18-21(24(19)12-4-14-27-21)9-13-23(18)20(26)16-5-7-17(8-6-16)22-10-2-1-3-11-22/h5-8,18H,1-4,9-15H2/t18-,21+/m1/s1. The van der Waals surface area contributed by atoms with Crippen molar-refractivity contribution in [2.75, 3.05) is 37.7 Å². The first-order chi connectivity index (χ1) is 13.2. The smallest absolute Gasteiger partial charge is 0.254 e. The summed E-state index contributed by atoms with van der Waals surface area (Å²) in [6.45, 7) is 4.27. The lowest BCUT2D eigenvalue weighted by atomic mass is 10.0. The molecule has 0 saturated carbocycles. The Labute approximate surface area is 160 Å². The van der Waals surface area contributed by atoms with Crippen LogP contribution < -0.4 is 4.90 Å². The molecule has 5 rings (SSSR count). The van der Waals surface area contributed by atoms with Gasteiger partial charge in [-0.25, -0.2) is 0 Å². The number of carbonyl (C=O) groups excluding carboxylic acids is 2. The summed E-state index contributed by atoms with van der Waals surface area (Å²) in [5.41, 5.74) is 1.33. The predicted molar refractivity (Wildman–Crippen MR) is 102 cm³/mol. The predicted octanol–water partition coefficient (Wildman–Crippen LogP) is 2.24. The number of nitrogens with zero attached hydrogens (tertiary/aromatic N) is 3. The number of benzene rings is 1. The minimum Gasteiger partial charge on any atom is -0.372 e. The molecule has 144 valence electrons. The molecular weight excluding hydrogens is 342 g/mol. The SMILES string of the molecule is O=C(c1ccc(N2CCCCC2)cc1)N1CC[C@@]23OCCCN2C(=O)C[C@@H]13. The van der Waals surface area contributed by atoms with Crippen LogP contribution in [0.3, 0.4) is 0 Å². The summed E-state index contributed by atoms with van der Waals surface area (Å²) in [5.74, 6) is 0.142. The normalized spacial score (nSPS) is 30.4. The third-order valence-corrected chi connectivity index (χ3v) is 6.71. The molecular formula is C21H27N3O3. The van der Waals surface area contributed by atoms with Crippen molar-refractivity contribution in [3.63, 3.8) is 0 Å². The molecule has 0 N–H and O–H groups in total. The van der Waals surface area contributed by atoms with Gasteiger partial charge in [0.2, 0.25) is 5.91 Å². The summed E-state index contributed by atoms with van der Waals surface area (Å²) >= 11 is 0. The van der Waals surface area contributed by atoms with Crippen LogP contribution in [0.4, 0.5) is 5.69 Å². The van der Waals surface area contributed by atoms with E-state index in [4.69, 9.17) is 4.74 Å². The number of hydrogen-bond acceptors (Lipinski definition) is 4. The molecule has 27 heavy (non-hydrogen) atoms. The third-order valence-electron chi connectivity index (χ3n) is 6.71. The van der Waals surface area contributed by atoms with E-state index in [0.717, 1.165) is 32.5 Å². The number of piperidine rings is 1. The molecule has 0 aliphatic carbocycles. The molecule has 2 amide bonds. The first-order valence-corrected chi connectivity index (χ1v) is 10.3. The molecule has 0 radical (unpaired) electrons. The molecule has 4 heterocycles. The van der Waals surface area contributed by atoms with E-state index in [0.29, 0.717) is 25.1 Å². The summed E-state index contributed by atoms with van der Waals surface area (Å²) in [7, 11) is 0. The van der Waals surface area contributed by atoms with E-state index < -0.39 is 5.72 Å². The van der Waals surface area contributed by atoms with Crippen LogP contribution >= 0.6 is 0 Å². The fourth-order valence-electron chi connectivity index (χ4n) is 5.33. The van der Waals surface area contributed by atoms with E-state index in [1.54, 1.807) is 0 Å². The number of amides is 2. The lowest BCUT2D eigenvalue weighted by molar-refractivity contribution is -0.179. The highest BCUT2D eigenvalue weighted by Crippen LogP contribution is 2.45. The van der Waals surface area contributed by atoms with Gasteiger partial charge in [-0.1, -0.05) is 0 Å². The molecule has 0 unspecified atom stereocenters. The largest absolute Gasteiger partial charge is 0.372 e. The summed E-state index contributed by atoms with van der Waals surface area (Å²) in [5, 5.41) is 0. The maximum Gasteiger partial charge on any atom is 0.254 e. The van der Waals surface area contributed by atoms with Gasteiger partial charge in [-0.05, 0) is 49.9 Å². The second kappa shape index (κ2) is 6.51. The molecule has 4 saturated heterocycles. The summed E-state index contributed by atoms with van der Waals surface area (Å²) in [6.07, 6.45) is 5.78. The molecule has 1 spiro atoms. The van der Waals surface area contributed by atoms with Crippen molar-refractivity contribution in [1.82, 2.24) is 9.80 Å². The molecule has 1 aromatic carbocycles. The number of anilines is 1. The number of hydrogen-bond donors (Lipinski definition) is 0. The first kappa shape index (κ1) is 17.0. The van der Waals surface area contributed by atoms with Crippen LogP contribution in [-0.2, 0) is 9.53 Å². The lowest BCUT2D eigenvalue weighted by Gasteiger charge is -2.42. The zero-order valence-corrected chi connectivity index (χ0v) is 15.7. The second-order valence-electron chi connectivity index (χ2n) is 8.16. The highest BCUT2D eigenvalue weighted by Gasteiger charge is 2.61. The number of rotatable bonds is 2. The highest BCUT2D eigenvalue weighted by molar-refractivity contribution is 5.96. The van der Waals surface area contributed by atoms with Crippen molar-refractivity contribution in [2.45, 2.75) is 50.3 Å². The van der Waals surface area contributed by atoms with Crippen LogP contribution in [0.25, 0.3) is 0 Å². The van der Waals surface area contributed by atoms with E-state index in [9.17, 15) is 9.59 Å². The van der Waals surface area contributed by atoms with E-state index in [2.05, 4.69) is 17.0 Å². The Kier molecular flexibility index (Phi) is 4.11. The van der Waals surface area contributed by atoms with Crippen LogP contribution in [-0.4, -0.2) is 66.2 Å². The Morgan fingerprint density at radius 2 is 1.78 bits per heavy atom. The van der Waals surface area contributed by atoms with Gasteiger partial charge in [0.25, 0.3) is 5.91 Å². The van der Waals surface area contributed by atoms with Gasteiger partial charge < -0.3 is 19.4 Å².